The van der Waals surface area contributed by atoms with Gasteiger partial charge in [0.25, 0.3) is 5.91 Å². The molecule has 0 aliphatic rings. The SMILES string of the molecule is C[C@H](O)CNC(=O)c1nnc2ccc(S)cc2n1. The Bertz CT molecular complexity index is 588. The highest BCUT2D eigenvalue weighted by molar-refractivity contribution is 7.80. The lowest BCUT2D eigenvalue weighted by atomic mass is 10.3. The Morgan fingerprint density at radius 2 is 2.22 bits per heavy atom. The number of rotatable bonds is 3. The fourth-order valence-electron chi connectivity index (χ4n) is 1.34. The Kier molecular flexibility index (Phi) is 3.73. The number of nitrogens with zero attached hydrogens (tertiary/aromatic N) is 3. The molecule has 18 heavy (non-hydrogen) atoms. The first-order valence-electron chi connectivity index (χ1n) is 5.36. The van der Waals surface area contributed by atoms with Crippen molar-refractivity contribution in [2.45, 2.75) is 17.9 Å². The lowest BCUT2D eigenvalue weighted by molar-refractivity contribution is 0.0913. The monoisotopic (exact) mass is 264 g/mol. The molecule has 0 radical (unpaired) electrons. The van der Waals surface area contributed by atoms with Gasteiger partial charge in [0.05, 0.1) is 11.6 Å². The number of aromatic nitrogens is 3. The number of hydrogen-bond acceptors (Lipinski definition) is 6. The molecular weight excluding hydrogens is 252 g/mol. The fraction of sp³-hybridized carbons (Fsp3) is 0.273. The van der Waals surface area contributed by atoms with E-state index in [2.05, 4.69) is 33.1 Å². The number of thiol groups is 1. The van der Waals surface area contributed by atoms with Crippen molar-refractivity contribution in [1.82, 2.24) is 20.5 Å². The Morgan fingerprint density at radius 3 is 2.94 bits per heavy atom. The van der Waals surface area contributed by atoms with Gasteiger partial charge in [-0.25, -0.2) is 4.98 Å². The van der Waals surface area contributed by atoms with Crippen LogP contribution in [0.1, 0.15) is 17.5 Å². The van der Waals surface area contributed by atoms with Crippen LogP contribution in [0.15, 0.2) is 23.1 Å². The summed E-state index contributed by atoms with van der Waals surface area (Å²) in [4.78, 5) is 16.5. The second-order valence-corrected chi connectivity index (χ2v) is 4.38. The Balaban J connectivity index is 2.26. The molecule has 0 fully saturated rings. The average Bonchev–Trinajstić information content (AvgIpc) is 2.34. The third-order valence-electron chi connectivity index (χ3n) is 2.20. The first-order chi connectivity index (χ1) is 8.56. The summed E-state index contributed by atoms with van der Waals surface area (Å²) < 4.78 is 0. The zero-order valence-electron chi connectivity index (χ0n) is 9.66. The zero-order chi connectivity index (χ0) is 13.1. The molecule has 1 heterocycles. The van der Waals surface area contributed by atoms with E-state index in [1.807, 2.05) is 0 Å². The highest BCUT2D eigenvalue weighted by Crippen LogP contribution is 2.13. The largest absolute Gasteiger partial charge is 0.392 e. The van der Waals surface area contributed by atoms with Crippen LogP contribution < -0.4 is 5.32 Å². The van der Waals surface area contributed by atoms with E-state index in [1.54, 1.807) is 25.1 Å². The van der Waals surface area contributed by atoms with Crippen molar-refractivity contribution >= 4 is 29.6 Å². The van der Waals surface area contributed by atoms with Crippen molar-refractivity contribution in [3.8, 4) is 0 Å². The van der Waals surface area contributed by atoms with Crippen molar-refractivity contribution < 1.29 is 9.90 Å². The second-order valence-electron chi connectivity index (χ2n) is 3.87. The van der Waals surface area contributed by atoms with Crippen LogP contribution in [0.25, 0.3) is 11.0 Å². The van der Waals surface area contributed by atoms with Crippen LogP contribution in [0.5, 0.6) is 0 Å². The highest BCUT2D eigenvalue weighted by atomic mass is 32.1. The summed E-state index contributed by atoms with van der Waals surface area (Å²) in [6.45, 7) is 1.72. The van der Waals surface area contributed by atoms with E-state index in [0.717, 1.165) is 4.90 Å². The number of benzene rings is 1. The van der Waals surface area contributed by atoms with Crippen LogP contribution in [-0.2, 0) is 0 Å². The van der Waals surface area contributed by atoms with Crippen LogP contribution in [0.4, 0.5) is 0 Å². The molecule has 0 saturated heterocycles. The van der Waals surface area contributed by atoms with Crippen LogP contribution >= 0.6 is 12.6 Å². The number of carbonyl (C=O) groups is 1. The minimum Gasteiger partial charge on any atom is -0.392 e. The van der Waals surface area contributed by atoms with E-state index >= 15 is 0 Å². The molecule has 7 heteroatoms. The second kappa shape index (κ2) is 5.28. The molecule has 0 saturated carbocycles. The number of hydrogen-bond donors (Lipinski definition) is 3. The van der Waals surface area contributed by atoms with Gasteiger partial charge < -0.3 is 10.4 Å². The smallest absolute Gasteiger partial charge is 0.291 e. The summed E-state index contributed by atoms with van der Waals surface area (Å²) in [7, 11) is 0. The van der Waals surface area contributed by atoms with Gasteiger partial charge >= 0.3 is 0 Å². The van der Waals surface area contributed by atoms with Gasteiger partial charge in [-0.1, -0.05) is 0 Å². The first kappa shape index (κ1) is 12.7. The number of fused-ring (bicyclic) bond motifs is 1. The van der Waals surface area contributed by atoms with Gasteiger partial charge in [-0.2, -0.15) is 0 Å². The predicted molar refractivity (Wildman–Crippen MR) is 68.6 cm³/mol. The van der Waals surface area contributed by atoms with E-state index in [-0.39, 0.29) is 12.4 Å². The molecule has 0 unspecified atom stereocenters. The van der Waals surface area contributed by atoms with Gasteiger partial charge in [0.2, 0.25) is 5.82 Å². The number of carbonyl (C=O) groups excluding carboxylic acids is 1. The van der Waals surface area contributed by atoms with Crippen LogP contribution in [0, 0.1) is 0 Å². The van der Waals surface area contributed by atoms with Gasteiger partial charge in [0, 0.05) is 11.4 Å². The number of amides is 1. The van der Waals surface area contributed by atoms with E-state index in [0.29, 0.717) is 11.0 Å². The van der Waals surface area contributed by atoms with Crippen LogP contribution in [0.3, 0.4) is 0 Å². The topological polar surface area (TPSA) is 88.0 Å². The molecule has 6 nitrogen and oxygen atoms in total. The number of aliphatic hydroxyl groups excluding tert-OH is 1. The van der Waals surface area contributed by atoms with E-state index in [4.69, 9.17) is 5.11 Å². The summed E-state index contributed by atoms with van der Waals surface area (Å²) >= 11 is 4.19. The molecule has 1 aromatic carbocycles. The molecule has 1 amide bonds. The Labute approximate surface area is 109 Å². The predicted octanol–water partition coefficient (Wildman–Crippen LogP) is 0.424. The molecule has 2 N–H and O–H groups in total. The average molecular weight is 264 g/mol. The normalized spacial score (nSPS) is 12.4. The molecular formula is C11H12N4O2S. The first-order valence-corrected chi connectivity index (χ1v) is 5.80. The molecule has 2 aromatic rings. The summed E-state index contributed by atoms with van der Waals surface area (Å²) in [6.07, 6.45) is -0.619. The number of nitrogens with one attached hydrogen (secondary N) is 1. The van der Waals surface area contributed by atoms with E-state index < -0.39 is 12.0 Å². The maximum absolute atomic E-state index is 11.7. The minimum absolute atomic E-state index is 0.0258. The highest BCUT2D eigenvalue weighted by Gasteiger charge is 2.11. The quantitative estimate of drug-likeness (QED) is 0.699. The zero-order valence-corrected chi connectivity index (χ0v) is 10.6. The lowest BCUT2D eigenvalue weighted by Crippen LogP contribution is -2.31. The molecule has 94 valence electrons. The van der Waals surface area contributed by atoms with Gasteiger partial charge in [-0.05, 0) is 25.1 Å². The summed E-state index contributed by atoms with van der Waals surface area (Å²) in [5.74, 6) is -0.489. The molecule has 0 bridgehead atoms. The van der Waals surface area contributed by atoms with Crippen LogP contribution in [0.2, 0.25) is 0 Å². The molecule has 0 spiro atoms. The maximum atomic E-state index is 11.7. The van der Waals surface area contributed by atoms with Crippen molar-refractivity contribution in [3.05, 3.63) is 24.0 Å². The lowest BCUT2D eigenvalue weighted by Gasteiger charge is -2.06. The standard InChI is InChI=1S/C11H12N4O2S/c1-6(16)5-12-11(17)10-13-9-4-7(18)2-3-8(9)14-15-10/h2-4,6,16,18H,5H2,1H3,(H,12,17)/t6-/m0/s1. The summed E-state index contributed by atoms with van der Waals surface area (Å²) in [6, 6.07) is 5.21. The van der Waals surface area contributed by atoms with Crippen LogP contribution in [-0.4, -0.2) is 38.8 Å². The van der Waals surface area contributed by atoms with Gasteiger partial charge in [-0.15, -0.1) is 22.8 Å². The maximum Gasteiger partial charge on any atom is 0.291 e. The molecule has 0 aliphatic heterocycles. The van der Waals surface area contributed by atoms with Gasteiger partial charge in [0.1, 0.15) is 5.52 Å². The molecule has 0 aliphatic carbocycles. The summed E-state index contributed by atoms with van der Waals surface area (Å²) in [5.41, 5.74) is 1.15. The Morgan fingerprint density at radius 1 is 1.44 bits per heavy atom. The van der Waals surface area contributed by atoms with Crippen molar-refractivity contribution in [2.75, 3.05) is 6.54 Å². The van der Waals surface area contributed by atoms with Crippen molar-refractivity contribution in [1.29, 1.82) is 0 Å². The van der Waals surface area contributed by atoms with Crippen molar-refractivity contribution in [2.24, 2.45) is 0 Å². The molecule has 1 aromatic heterocycles. The third-order valence-corrected chi connectivity index (χ3v) is 2.48. The minimum atomic E-state index is -0.619. The van der Waals surface area contributed by atoms with Gasteiger partial charge in [0.15, 0.2) is 0 Å². The number of aliphatic hydroxyl groups is 1. The molecule has 1 atom stereocenters. The molecule has 2 rings (SSSR count). The van der Waals surface area contributed by atoms with E-state index in [9.17, 15) is 4.79 Å². The van der Waals surface area contributed by atoms with E-state index in [1.165, 1.54) is 0 Å². The summed E-state index contributed by atoms with van der Waals surface area (Å²) in [5, 5.41) is 19.2. The van der Waals surface area contributed by atoms with Crippen molar-refractivity contribution in [3.63, 3.8) is 0 Å². The van der Waals surface area contributed by atoms with Gasteiger partial charge in [-0.3, -0.25) is 4.79 Å². The third kappa shape index (κ3) is 2.93. The Hall–Kier alpha value is -1.73. The fourth-order valence-corrected chi connectivity index (χ4v) is 1.54.